The van der Waals surface area contributed by atoms with Gasteiger partial charge in [-0.3, -0.25) is 4.90 Å². The molecule has 2 saturated heterocycles. The van der Waals surface area contributed by atoms with Gasteiger partial charge in [-0.05, 0) is 46.4 Å². The number of likely N-dealkylation sites (N-methyl/N-ethyl adjacent to an activating group) is 2. The monoisotopic (exact) mass is 184 g/mol. The van der Waals surface area contributed by atoms with Gasteiger partial charge in [0.05, 0.1) is 0 Å². The van der Waals surface area contributed by atoms with Crippen LogP contribution in [0.1, 0.15) is 33.1 Å². The Morgan fingerprint density at radius 2 is 1.69 bits per heavy atom. The second kappa shape index (κ2) is 4.43. The SMILES string of the molecule is CC.CN1CCC2(CCCN2C)C1. The second-order valence-corrected chi connectivity index (χ2v) is 4.24. The van der Waals surface area contributed by atoms with Crippen LogP contribution in [0, 0.1) is 0 Å². The molecule has 0 aromatic rings. The summed E-state index contributed by atoms with van der Waals surface area (Å²) < 4.78 is 0. The third-order valence-corrected chi connectivity index (χ3v) is 3.47. The summed E-state index contributed by atoms with van der Waals surface area (Å²) >= 11 is 0. The van der Waals surface area contributed by atoms with E-state index < -0.39 is 0 Å². The van der Waals surface area contributed by atoms with Gasteiger partial charge in [-0.25, -0.2) is 0 Å². The third kappa shape index (κ3) is 2.05. The normalized spacial score (nSPS) is 35.1. The van der Waals surface area contributed by atoms with Crippen LogP contribution in [0.4, 0.5) is 0 Å². The van der Waals surface area contributed by atoms with Crippen molar-refractivity contribution in [1.82, 2.24) is 9.80 Å². The summed E-state index contributed by atoms with van der Waals surface area (Å²) in [4.78, 5) is 5.03. The van der Waals surface area contributed by atoms with Crippen LogP contribution in [0.2, 0.25) is 0 Å². The van der Waals surface area contributed by atoms with Crippen molar-refractivity contribution in [3.05, 3.63) is 0 Å². The van der Waals surface area contributed by atoms with Gasteiger partial charge in [-0.2, -0.15) is 0 Å². The van der Waals surface area contributed by atoms with Gasteiger partial charge >= 0.3 is 0 Å². The number of hydrogen-bond acceptors (Lipinski definition) is 2. The first-order chi connectivity index (χ1) is 6.23. The smallest absolute Gasteiger partial charge is 0.0345 e. The topological polar surface area (TPSA) is 6.48 Å². The van der Waals surface area contributed by atoms with E-state index in [0.29, 0.717) is 5.54 Å². The van der Waals surface area contributed by atoms with Crippen molar-refractivity contribution < 1.29 is 0 Å². The minimum absolute atomic E-state index is 0.578. The Hall–Kier alpha value is -0.0800. The molecule has 2 heteroatoms. The Bertz CT molecular complexity index is 158. The van der Waals surface area contributed by atoms with E-state index in [0.717, 1.165) is 0 Å². The van der Waals surface area contributed by atoms with Crippen LogP contribution in [0.25, 0.3) is 0 Å². The molecule has 0 aromatic carbocycles. The fraction of sp³-hybridized carbons (Fsp3) is 1.00. The molecule has 2 fully saturated rings. The lowest BCUT2D eigenvalue weighted by atomic mass is 9.96. The van der Waals surface area contributed by atoms with Crippen LogP contribution in [0.15, 0.2) is 0 Å². The van der Waals surface area contributed by atoms with E-state index >= 15 is 0 Å². The number of likely N-dealkylation sites (tertiary alicyclic amines) is 2. The predicted molar refractivity (Wildman–Crippen MR) is 58.1 cm³/mol. The Kier molecular flexibility index (Phi) is 3.74. The molecule has 2 heterocycles. The summed E-state index contributed by atoms with van der Waals surface area (Å²) in [5.41, 5.74) is 0.578. The van der Waals surface area contributed by atoms with Gasteiger partial charge in [0.25, 0.3) is 0 Å². The molecule has 78 valence electrons. The minimum atomic E-state index is 0.578. The molecule has 1 atom stereocenters. The summed E-state index contributed by atoms with van der Waals surface area (Å²) in [6, 6.07) is 0. The molecular formula is C11H24N2. The fourth-order valence-corrected chi connectivity index (χ4v) is 2.65. The Morgan fingerprint density at radius 1 is 1.00 bits per heavy atom. The maximum absolute atomic E-state index is 2.57. The van der Waals surface area contributed by atoms with E-state index in [9.17, 15) is 0 Å². The molecule has 0 radical (unpaired) electrons. The van der Waals surface area contributed by atoms with Crippen molar-refractivity contribution in [2.45, 2.75) is 38.6 Å². The third-order valence-electron chi connectivity index (χ3n) is 3.47. The summed E-state index contributed by atoms with van der Waals surface area (Å²) in [6.07, 6.45) is 4.22. The van der Waals surface area contributed by atoms with Gasteiger partial charge < -0.3 is 4.90 Å². The molecule has 13 heavy (non-hydrogen) atoms. The Balaban J connectivity index is 0.000000396. The zero-order chi connectivity index (χ0) is 9.90. The summed E-state index contributed by atoms with van der Waals surface area (Å²) in [7, 11) is 4.52. The highest BCUT2D eigenvalue weighted by Crippen LogP contribution is 2.35. The summed E-state index contributed by atoms with van der Waals surface area (Å²) in [5, 5.41) is 0. The van der Waals surface area contributed by atoms with Crippen molar-refractivity contribution >= 4 is 0 Å². The first-order valence-corrected chi connectivity index (χ1v) is 5.63. The lowest BCUT2D eigenvalue weighted by molar-refractivity contribution is 0.180. The predicted octanol–water partition coefficient (Wildman–Crippen LogP) is 1.81. The van der Waals surface area contributed by atoms with Crippen LogP contribution in [-0.4, -0.2) is 49.1 Å². The molecule has 2 aliphatic rings. The van der Waals surface area contributed by atoms with E-state index in [-0.39, 0.29) is 0 Å². The van der Waals surface area contributed by atoms with Gasteiger partial charge in [0.15, 0.2) is 0 Å². The van der Waals surface area contributed by atoms with Crippen molar-refractivity contribution in [3.8, 4) is 0 Å². The number of rotatable bonds is 0. The molecule has 0 amide bonds. The Labute approximate surface area is 82.9 Å². The van der Waals surface area contributed by atoms with Gasteiger partial charge in [-0.15, -0.1) is 0 Å². The van der Waals surface area contributed by atoms with E-state index in [2.05, 4.69) is 23.9 Å². The van der Waals surface area contributed by atoms with E-state index in [1.807, 2.05) is 13.8 Å². The highest BCUT2D eigenvalue weighted by molar-refractivity contribution is 5.00. The van der Waals surface area contributed by atoms with Crippen LogP contribution in [0.3, 0.4) is 0 Å². The standard InChI is InChI=1S/C9H18N2.C2H6/c1-10-7-5-9(8-10)4-3-6-11(9)2;1-2/h3-8H2,1-2H3;1-2H3. The van der Waals surface area contributed by atoms with Gasteiger partial charge in [0, 0.05) is 12.1 Å². The van der Waals surface area contributed by atoms with E-state index in [1.165, 1.54) is 38.9 Å². The summed E-state index contributed by atoms with van der Waals surface area (Å²) in [5.74, 6) is 0. The molecular weight excluding hydrogens is 160 g/mol. The van der Waals surface area contributed by atoms with Crippen LogP contribution in [0.5, 0.6) is 0 Å². The van der Waals surface area contributed by atoms with Crippen LogP contribution < -0.4 is 0 Å². The average Bonchev–Trinajstić information content (AvgIpc) is 2.67. The lowest BCUT2D eigenvalue weighted by Gasteiger charge is -2.31. The average molecular weight is 184 g/mol. The lowest BCUT2D eigenvalue weighted by Crippen LogP contribution is -2.43. The van der Waals surface area contributed by atoms with Crippen LogP contribution in [-0.2, 0) is 0 Å². The molecule has 2 nitrogen and oxygen atoms in total. The first-order valence-electron chi connectivity index (χ1n) is 5.63. The van der Waals surface area contributed by atoms with Crippen molar-refractivity contribution in [2.24, 2.45) is 0 Å². The maximum atomic E-state index is 2.57. The summed E-state index contributed by atoms with van der Waals surface area (Å²) in [6.45, 7) is 7.90. The maximum Gasteiger partial charge on any atom is 0.0345 e. The number of nitrogens with zero attached hydrogens (tertiary/aromatic N) is 2. The van der Waals surface area contributed by atoms with Gasteiger partial charge in [-0.1, -0.05) is 13.8 Å². The zero-order valence-electron chi connectivity index (χ0n) is 9.64. The fourth-order valence-electron chi connectivity index (χ4n) is 2.65. The van der Waals surface area contributed by atoms with E-state index in [1.54, 1.807) is 0 Å². The largest absolute Gasteiger partial charge is 0.304 e. The van der Waals surface area contributed by atoms with Gasteiger partial charge in [0.1, 0.15) is 0 Å². The highest BCUT2D eigenvalue weighted by Gasteiger charge is 2.42. The molecule has 0 bridgehead atoms. The quantitative estimate of drug-likeness (QED) is 0.566. The molecule has 0 aliphatic carbocycles. The molecule has 1 spiro atoms. The van der Waals surface area contributed by atoms with Crippen LogP contribution >= 0.6 is 0 Å². The second-order valence-electron chi connectivity index (χ2n) is 4.24. The molecule has 2 aliphatic heterocycles. The van der Waals surface area contributed by atoms with Gasteiger partial charge in [0.2, 0.25) is 0 Å². The van der Waals surface area contributed by atoms with Crippen molar-refractivity contribution in [2.75, 3.05) is 33.7 Å². The van der Waals surface area contributed by atoms with Crippen molar-refractivity contribution in [1.29, 1.82) is 0 Å². The highest BCUT2D eigenvalue weighted by atomic mass is 15.3. The molecule has 0 saturated carbocycles. The molecule has 0 aromatic heterocycles. The van der Waals surface area contributed by atoms with Crippen molar-refractivity contribution in [3.63, 3.8) is 0 Å². The minimum Gasteiger partial charge on any atom is -0.304 e. The Morgan fingerprint density at radius 3 is 2.08 bits per heavy atom. The molecule has 1 unspecified atom stereocenters. The molecule has 2 rings (SSSR count). The number of hydrogen-bond donors (Lipinski definition) is 0. The van der Waals surface area contributed by atoms with E-state index in [4.69, 9.17) is 0 Å². The zero-order valence-corrected chi connectivity index (χ0v) is 9.64. The first kappa shape index (κ1) is 11.0. The molecule has 0 N–H and O–H groups in total.